The van der Waals surface area contributed by atoms with E-state index in [9.17, 15) is 13.2 Å². The molecule has 0 amide bonds. The molecule has 4 rings (SSSR count). The van der Waals surface area contributed by atoms with E-state index in [1.807, 2.05) is 0 Å². The van der Waals surface area contributed by atoms with E-state index in [-0.39, 0.29) is 29.0 Å². The van der Waals surface area contributed by atoms with Crippen LogP contribution in [0.25, 0.3) is 0 Å². The summed E-state index contributed by atoms with van der Waals surface area (Å²) in [5.74, 6) is 0.405. The Morgan fingerprint density at radius 1 is 1.21 bits per heavy atom. The zero-order valence-electron chi connectivity index (χ0n) is 18.3. The van der Waals surface area contributed by atoms with Crippen LogP contribution in [-0.2, 0) is 32.5 Å². The van der Waals surface area contributed by atoms with E-state index in [4.69, 9.17) is 32.7 Å². The van der Waals surface area contributed by atoms with Crippen molar-refractivity contribution in [1.82, 2.24) is 14.5 Å². The number of carbonyl (C=O) groups is 1. The van der Waals surface area contributed by atoms with Gasteiger partial charge in [0.25, 0.3) is 0 Å². The predicted molar refractivity (Wildman–Crippen MR) is 128 cm³/mol. The average molecular weight is 524 g/mol. The summed E-state index contributed by atoms with van der Waals surface area (Å²) in [6.45, 7) is 2.01. The average Bonchev–Trinajstić information content (AvgIpc) is 3.19. The van der Waals surface area contributed by atoms with Crippen molar-refractivity contribution >= 4 is 39.2 Å². The molecule has 11 heteroatoms. The normalized spacial score (nSPS) is 15.6. The Labute approximate surface area is 207 Å². The number of benzene rings is 2. The zero-order chi connectivity index (χ0) is 24.3. The van der Waals surface area contributed by atoms with Gasteiger partial charge in [-0.3, -0.25) is 9.48 Å². The second-order valence-electron chi connectivity index (χ2n) is 7.70. The number of para-hydroxylation sites is 1. The maximum Gasteiger partial charge on any atom is 0.327 e. The summed E-state index contributed by atoms with van der Waals surface area (Å²) < 4.78 is 41.4. The zero-order valence-corrected chi connectivity index (χ0v) is 20.7. The molecule has 8 nitrogen and oxygen atoms in total. The predicted octanol–water partition coefficient (Wildman–Crippen LogP) is 4.90. The van der Waals surface area contributed by atoms with Crippen LogP contribution in [-0.4, -0.2) is 30.8 Å². The van der Waals surface area contributed by atoms with Crippen LogP contribution in [0.3, 0.4) is 0 Å². The number of nitrogens with zero attached hydrogens (tertiary/aromatic N) is 2. The van der Waals surface area contributed by atoms with Gasteiger partial charge in [-0.1, -0.05) is 35.3 Å². The van der Waals surface area contributed by atoms with E-state index in [0.29, 0.717) is 29.4 Å². The first-order valence-electron chi connectivity index (χ1n) is 10.7. The lowest BCUT2D eigenvalue weighted by molar-refractivity contribution is -0.144. The standard InChI is InChI=1S/C23H23Cl2N3O5S/c1-2-32-23(29)14-28-20-8-5-7-19(16(20)13-26-28)27-34(30,31)22-11-10-15(12-18(22)25)33-21-9-4-3-6-17(21)24/h3-4,6,9-13,19,27H,2,5,7-8,14H2,1H3. The first-order chi connectivity index (χ1) is 16.3. The van der Waals surface area contributed by atoms with Gasteiger partial charge in [0, 0.05) is 17.3 Å². The monoisotopic (exact) mass is 523 g/mol. The van der Waals surface area contributed by atoms with E-state index in [0.717, 1.165) is 17.7 Å². The van der Waals surface area contributed by atoms with Gasteiger partial charge < -0.3 is 9.47 Å². The summed E-state index contributed by atoms with van der Waals surface area (Å²) >= 11 is 12.4. The van der Waals surface area contributed by atoms with Crippen LogP contribution in [0, 0.1) is 0 Å². The number of carbonyl (C=O) groups excluding carboxylic acids is 1. The third-order valence-corrected chi connectivity index (χ3v) is 7.67. The van der Waals surface area contributed by atoms with E-state index < -0.39 is 16.1 Å². The number of hydrogen-bond donors (Lipinski definition) is 1. The van der Waals surface area contributed by atoms with Crippen molar-refractivity contribution < 1.29 is 22.7 Å². The number of aromatic nitrogens is 2. The van der Waals surface area contributed by atoms with Crippen LogP contribution in [0.1, 0.15) is 37.1 Å². The molecule has 0 saturated heterocycles. The van der Waals surface area contributed by atoms with Gasteiger partial charge in [0.15, 0.2) is 0 Å². The fraction of sp³-hybridized carbons (Fsp3) is 0.304. The highest BCUT2D eigenvalue weighted by molar-refractivity contribution is 7.89. The Bertz CT molecular complexity index is 1310. The molecular formula is C23H23Cl2N3O5S. The third-order valence-electron chi connectivity index (χ3n) is 5.40. The second-order valence-corrected chi connectivity index (χ2v) is 10.2. The molecule has 180 valence electrons. The number of hydrogen-bond acceptors (Lipinski definition) is 6. The van der Waals surface area contributed by atoms with Crippen molar-refractivity contribution in [2.75, 3.05) is 6.61 Å². The van der Waals surface area contributed by atoms with Crippen molar-refractivity contribution in [3.05, 3.63) is 70.0 Å². The maximum atomic E-state index is 13.2. The molecule has 1 aromatic heterocycles. The fourth-order valence-corrected chi connectivity index (χ4v) is 5.83. The van der Waals surface area contributed by atoms with Gasteiger partial charge in [-0.05, 0) is 50.5 Å². The molecule has 2 aromatic carbocycles. The van der Waals surface area contributed by atoms with Crippen LogP contribution in [0.4, 0.5) is 0 Å². The molecule has 0 fully saturated rings. The van der Waals surface area contributed by atoms with Gasteiger partial charge in [-0.25, -0.2) is 13.1 Å². The number of rotatable bonds is 8. The third kappa shape index (κ3) is 5.38. The molecule has 1 heterocycles. The minimum Gasteiger partial charge on any atom is -0.465 e. The van der Waals surface area contributed by atoms with Crippen molar-refractivity contribution in [1.29, 1.82) is 0 Å². The summed E-state index contributed by atoms with van der Waals surface area (Å²) in [6.07, 6.45) is 3.64. The van der Waals surface area contributed by atoms with Crippen LogP contribution >= 0.6 is 23.2 Å². The molecule has 34 heavy (non-hydrogen) atoms. The first-order valence-corrected chi connectivity index (χ1v) is 13.0. The number of sulfonamides is 1. The lowest BCUT2D eigenvalue weighted by atomic mass is 9.94. The minimum absolute atomic E-state index is 0.0125. The quantitative estimate of drug-likeness (QED) is 0.421. The number of halogens is 2. The Hall–Kier alpha value is -2.59. The SMILES string of the molecule is CCOC(=O)Cn1ncc2c1CCCC2NS(=O)(=O)c1ccc(Oc2ccccc2Cl)cc1Cl. The van der Waals surface area contributed by atoms with E-state index in [2.05, 4.69) is 9.82 Å². The smallest absolute Gasteiger partial charge is 0.327 e. The molecule has 1 aliphatic carbocycles. The van der Waals surface area contributed by atoms with E-state index >= 15 is 0 Å². The Balaban J connectivity index is 1.52. The van der Waals surface area contributed by atoms with Crippen LogP contribution in [0.2, 0.25) is 10.0 Å². The summed E-state index contributed by atoms with van der Waals surface area (Å²) in [5.41, 5.74) is 1.57. The first kappa shape index (κ1) is 24.5. The van der Waals surface area contributed by atoms with Gasteiger partial charge in [0.2, 0.25) is 10.0 Å². The van der Waals surface area contributed by atoms with E-state index in [1.165, 1.54) is 18.2 Å². The Kier molecular flexibility index (Phi) is 7.47. The number of nitrogens with one attached hydrogen (secondary N) is 1. The molecule has 1 unspecified atom stereocenters. The molecule has 1 N–H and O–H groups in total. The van der Waals surface area contributed by atoms with Gasteiger partial charge in [0.1, 0.15) is 22.9 Å². The molecule has 0 bridgehead atoms. The van der Waals surface area contributed by atoms with Gasteiger partial charge in [-0.15, -0.1) is 0 Å². The second kappa shape index (κ2) is 10.4. The lowest BCUT2D eigenvalue weighted by Crippen LogP contribution is -2.31. The van der Waals surface area contributed by atoms with Crippen LogP contribution in [0.5, 0.6) is 11.5 Å². The highest BCUT2D eigenvalue weighted by Gasteiger charge is 2.30. The Morgan fingerprint density at radius 2 is 2.00 bits per heavy atom. The molecule has 0 spiro atoms. The number of fused-ring (bicyclic) bond motifs is 1. The van der Waals surface area contributed by atoms with Gasteiger partial charge in [-0.2, -0.15) is 5.10 Å². The Morgan fingerprint density at radius 3 is 2.74 bits per heavy atom. The van der Waals surface area contributed by atoms with Crippen molar-refractivity contribution in [2.24, 2.45) is 0 Å². The summed E-state index contributed by atoms with van der Waals surface area (Å²) in [4.78, 5) is 11.8. The number of esters is 1. The van der Waals surface area contributed by atoms with Crippen molar-refractivity contribution in [3.63, 3.8) is 0 Å². The largest absolute Gasteiger partial charge is 0.465 e. The summed E-state index contributed by atoms with van der Waals surface area (Å²) in [7, 11) is -3.95. The van der Waals surface area contributed by atoms with Gasteiger partial charge >= 0.3 is 5.97 Å². The highest BCUT2D eigenvalue weighted by atomic mass is 35.5. The van der Waals surface area contributed by atoms with Gasteiger partial charge in [0.05, 0.1) is 28.9 Å². The minimum atomic E-state index is -3.95. The fourth-order valence-electron chi connectivity index (χ4n) is 3.87. The lowest BCUT2D eigenvalue weighted by Gasteiger charge is -2.24. The van der Waals surface area contributed by atoms with Crippen LogP contribution in [0.15, 0.2) is 53.6 Å². The van der Waals surface area contributed by atoms with Crippen molar-refractivity contribution in [2.45, 2.75) is 43.7 Å². The number of ether oxygens (including phenoxy) is 2. The molecule has 3 aromatic rings. The topological polar surface area (TPSA) is 99.5 Å². The molecule has 0 aliphatic heterocycles. The maximum absolute atomic E-state index is 13.2. The highest BCUT2D eigenvalue weighted by Crippen LogP contribution is 2.35. The molecule has 1 atom stereocenters. The molecule has 1 aliphatic rings. The molecular weight excluding hydrogens is 501 g/mol. The molecule has 0 radical (unpaired) electrons. The molecule has 0 saturated carbocycles. The summed E-state index contributed by atoms with van der Waals surface area (Å²) in [5, 5.41) is 4.72. The van der Waals surface area contributed by atoms with Crippen LogP contribution < -0.4 is 9.46 Å². The van der Waals surface area contributed by atoms with Crippen molar-refractivity contribution in [3.8, 4) is 11.5 Å². The summed E-state index contributed by atoms with van der Waals surface area (Å²) in [6, 6.07) is 10.8. The van der Waals surface area contributed by atoms with E-state index in [1.54, 1.807) is 42.1 Å².